The van der Waals surface area contributed by atoms with Crippen molar-refractivity contribution in [1.82, 2.24) is 0 Å². The maximum absolute atomic E-state index is 6.36. The Morgan fingerprint density at radius 3 is 1.78 bits per heavy atom. The van der Waals surface area contributed by atoms with Gasteiger partial charge in [-0.3, -0.25) is 0 Å². The molecule has 3 heteroatoms. The molecule has 0 heterocycles. The van der Waals surface area contributed by atoms with Crippen molar-refractivity contribution in [1.29, 1.82) is 0 Å². The van der Waals surface area contributed by atoms with Gasteiger partial charge in [-0.15, -0.1) is 0 Å². The van der Waals surface area contributed by atoms with E-state index in [0.29, 0.717) is 0 Å². The lowest BCUT2D eigenvalue weighted by Crippen LogP contribution is -2.29. The van der Waals surface area contributed by atoms with E-state index in [1.54, 1.807) is 0 Å². The first-order valence-corrected chi connectivity index (χ1v) is 7.82. The maximum Gasteiger partial charge on any atom is 0.0389 e. The van der Waals surface area contributed by atoms with Gasteiger partial charge in [-0.25, -0.2) is 0 Å². The zero-order chi connectivity index (χ0) is 15.7. The molecule has 3 aromatic rings. The van der Waals surface area contributed by atoms with Gasteiger partial charge in [-0.1, -0.05) is 30.3 Å². The normalized spacial score (nSPS) is 19.8. The smallest absolute Gasteiger partial charge is 0.0389 e. The van der Waals surface area contributed by atoms with E-state index in [-0.39, 0.29) is 11.8 Å². The Labute approximate surface area is 134 Å². The standard InChI is InChI=1S/C20H17N3/c21-10-7-8-11-14(9-10)17-12-3-1-5-15(22)18(12)20(11)19-13(17)4-2-6-16(19)23/h1-9,17,20H,21-23H2. The Hall–Kier alpha value is -2.94. The summed E-state index contributed by atoms with van der Waals surface area (Å²) >= 11 is 0. The molecule has 6 N–H and O–H groups in total. The Kier molecular flexibility index (Phi) is 2.23. The van der Waals surface area contributed by atoms with Crippen LogP contribution in [-0.2, 0) is 0 Å². The molecule has 3 aliphatic rings. The number of hydrogen-bond acceptors (Lipinski definition) is 3. The lowest BCUT2D eigenvalue weighted by molar-refractivity contribution is 0.759. The van der Waals surface area contributed by atoms with Crippen molar-refractivity contribution in [3.63, 3.8) is 0 Å². The first-order chi connectivity index (χ1) is 11.2. The lowest BCUT2D eigenvalue weighted by atomic mass is 9.60. The number of anilines is 3. The van der Waals surface area contributed by atoms with E-state index >= 15 is 0 Å². The van der Waals surface area contributed by atoms with Gasteiger partial charge in [0.05, 0.1) is 0 Å². The summed E-state index contributed by atoms with van der Waals surface area (Å²) in [7, 11) is 0. The molecule has 3 aliphatic carbocycles. The molecule has 6 rings (SSSR count). The molecule has 23 heavy (non-hydrogen) atoms. The summed E-state index contributed by atoms with van der Waals surface area (Å²) in [4.78, 5) is 0. The summed E-state index contributed by atoms with van der Waals surface area (Å²) in [6.45, 7) is 0. The molecule has 0 aromatic heterocycles. The lowest BCUT2D eigenvalue weighted by Gasteiger charge is -2.43. The van der Waals surface area contributed by atoms with Crippen molar-refractivity contribution in [2.75, 3.05) is 17.2 Å². The van der Waals surface area contributed by atoms with Gasteiger partial charge in [0, 0.05) is 28.9 Å². The zero-order valence-corrected chi connectivity index (χ0v) is 12.6. The quantitative estimate of drug-likeness (QED) is 0.383. The van der Waals surface area contributed by atoms with Crippen LogP contribution >= 0.6 is 0 Å². The van der Waals surface area contributed by atoms with E-state index < -0.39 is 0 Å². The Morgan fingerprint density at radius 1 is 0.565 bits per heavy atom. The molecule has 0 unspecified atom stereocenters. The van der Waals surface area contributed by atoms with Crippen molar-refractivity contribution in [2.24, 2.45) is 0 Å². The van der Waals surface area contributed by atoms with Crippen LogP contribution in [0.3, 0.4) is 0 Å². The topological polar surface area (TPSA) is 78.1 Å². The van der Waals surface area contributed by atoms with Gasteiger partial charge in [0.2, 0.25) is 0 Å². The highest BCUT2D eigenvalue weighted by atomic mass is 14.6. The van der Waals surface area contributed by atoms with E-state index in [1.807, 2.05) is 30.3 Å². The second-order valence-corrected chi connectivity index (χ2v) is 6.45. The molecule has 3 aromatic carbocycles. The predicted molar refractivity (Wildman–Crippen MR) is 94.5 cm³/mol. The minimum atomic E-state index is 0.1000. The van der Waals surface area contributed by atoms with Crippen LogP contribution in [0.25, 0.3) is 0 Å². The molecule has 0 aliphatic heterocycles. The van der Waals surface area contributed by atoms with Crippen molar-refractivity contribution in [3.8, 4) is 0 Å². The molecule has 0 fully saturated rings. The van der Waals surface area contributed by atoms with Gasteiger partial charge < -0.3 is 17.2 Å². The van der Waals surface area contributed by atoms with Crippen LogP contribution in [0, 0.1) is 0 Å². The highest BCUT2D eigenvalue weighted by Crippen LogP contribution is 2.58. The largest absolute Gasteiger partial charge is 0.399 e. The van der Waals surface area contributed by atoms with Crippen molar-refractivity contribution >= 4 is 17.1 Å². The van der Waals surface area contributed by atoms with E-state index in [2.05, 4.69) is 24.3 Å². The van der Waals surface area contributed by atoms with Gasteiger partial charge >= 0.3 is 0 Å². The highest BCUT2D eigenvalue weighted by Gasteiger charge is 2.43. The minimum absolute atomic E-state index is 0.1000. The van der Waals surface area contributed by atoms with Crippen molar-refractivity contribution in [3.05, 3.63) is 88.0 Å². The van der Waals surface area contributed by atoms with Crippen LogP contribution in [0.1, 0.15) is 45.2 Å². The second kappa shape index (κ2) is 4.07. The van der Waals surface area contributed by atoms with E-state index in [9.17, 15) is 0 Å². The monoisotopic (exact) mass is 299 g/mol. The van der Waals surface area contributed by atoms with Gasteiger partial charge in [0.1, 0.15) is 0 Å². The fraction of sp³-hybridized carbons (Fsp3) is 0.100. The molecule has 0 amide bonds. The van der Waals surface area contributed by atoms with E-state index in [4.69, 9.17) is 17.2 Å². The molecule has 0 radical (unpaired) electrons. The summed E-state index contributed by atoms with van der Waals surface area (Å²) in [5, 5.41) is 0. The summed E-state index contributed by atoms with van der Waals surface area (Å²) in [5.41, 5.74) is 28.8. The van der Waals surface area contributed by atoms with Gasteiger partial charge in [-0.05, 0) is 57.6 Å². The first-order valence-electron chi connectivity index (χ1n) is 7.82. The third-order valence-electron chi connectivity index (χ3n) is 5.28. The summed E-state index contributed by atoms with van der Waals surface area (Å²) in [6, 6.07) is 18.6. The average Bonchev–Trinajstić information content (AvgIpc) is 2.54. The van der Waals surface area contributed by atoms with Crippen LogP contribution in [-0.4, -0.2) is 0 Å². The fourth-order valence-electron chi connectivity index (χ4n) is 4.44. The average molecular weight is 299 g/mol. The van der Waals surface area contributed by atoms with Crippen LogP contribution in [0.2, 0.25) is 0 Å². The van der Waals surface area contributed by atoms with Crippen LogP contribution in [0.5, 0.6) is 0 Å². The molecule has 0 spiro atoms. The minimum Gasteiger partial charge on any atom is -0.399 e. The van der Waals surface area contributed by atoms with Crippen molar-refractivity contribution < 1.29 is 0 Å². The first kappa shape index (κ1) is 12.6. The molecule has 3 nitrogen and oxygen atoms in total. The molecule has 0 atom stereocenters. The summed E-state index contributed by atoms with van der Waals surface area (Å²) in [6.07, 6.45) is 0. The summed E-state index contributed by atoms with van der Waals surface area (Å²) < 4.78 is 0. The number of hydrogen-bond donors (Lipinski definition) is 3. The number of nitrogen functional groups attached to an aromatic ring is 3. The van der Waals surface area contributed by atoms with Crippen LogP contribution in [0.4, 0.5) is 17.1 Å². The Bertz CT molecular complexity index is 918. The number of rotatable bonds is 0. The van der Waals surface area contributed by atoms with Gasteiger partial charge in [0.15, 0.2) is 0 Å². The predicted octanol–water partition coefficient (Wildman–Crippen LogP) is 3.42. The third kappa shape index (κ3) is 1.44. The molecule has 0 saturated carbocycles. The Morgan fingerprint density at radius 2 is 1.17 bits per heavy atom. The summed E-state index contributed by atoms with van der Waals surface area (Å²) in [5.74, 6) is 0.262. The second-order valence-electron chi connectivity index (χ2n) is 6.45. The van der Waals surface area contributed by atoms with Gasteiger partial charge in [-0.2, -0.15) is 0 Å². The van der Waals surface area contributed by atoms with Gasteiger partial charge in [0.25, 0.3) is 0 Å². The zero-order valence-electron chi connectivity index (χ0n) is 12.6. The Balaban J connectivity index is 1.95. The highest BCUT2D eigenvalue weighted by molar-refractivity contribution is 5.77. The SMILES string of the molecule is Nc1ccc2c(c1)C1c3cccc(N)c3C2c2c(N)cccc21. The van der Waals surface area contributed by atoms with E-state index in [1.165, 1.54) is 33.4 Å². The number of nitrogens with two attached hydrogens (primary N) is 3. The van der Waals surface area contributed by atoms with Crippen molar-refractivity contribution in [2.45, 2.75) is 11.8 Å². The maximum atomic E-state index is 6.36. The van der Waals surface area contributed by atoms with Crippen LogP contribution < -0.4 is 17.2 Å². The molecular weight excluding hydrogens is 282 g/mol. The molecular formula is C20H17N3. The fourth-order valence-corrected chi connectivity index (χ4v) is 4.44. The molecule has 0 saturated heterocycles. The van der Waals surface area contributed by atoms with E-state index in [0.717, 1.165) is 17.1 Å². The van der Waals surface area contributed by atoms with Crippen LogP contribution in [0.15, 0.2) is 54.6 Å². The number of benzene rings is 3. The third-order valence-corrected chi connectivity index (χ3v) is 5.28. The molecule has 112 valence electrons. The molecule has 2 bridgehead atoms.